The van der Waals surface area contributed by atoms with Crippen molar-refractivity contribution in [2.24, 2.45) is 7.05 Å². The number of aryl methyl sites for hydroxylation is 1. The molecular weight excluding hydrogens is 454 g/mol. The van der Waals surface area contributed by atoms with Gasteiger partial charge >= 0.3 is 0 Å². The molecule has 1 N–H and O–H groups in total. The predicted octanol–water partition coefficient (Wildman–Crippen LogP) is 3.47. The van der Waals surface area contributed by atoms with Crippen LogP contribution in [0, 0.1) is 0 Å². The molecule has 2 atom stereocenters. The highest BCUT2D eigenvalue weighted by Gasteiger charge is 2.42. The molecule has 6 rings (SSSR count). The van der Waals surface area contributed by atoms with E-state index in [0.717, 1.165) is 27.8 Å². The van der Waals surface area contributed by atoms with E-state index in [9.17, 15) is 9.59 Å². The first kappa shape index (κ1) is 21.7. The van der Waals surface area contributed by atoms with Gasteiger partial charge in [0.05, 0.1) is 29.5 Å². The fraction of sp³-hybridized carbons (Fsp3) is 0.148. The largest absolute Gasteiger partial charge is 0.349 e. The van der Waals surface area contributed by atoms with E-state index in [1.807, 2.05) is 53.4 Å². The summed E-state index contributed by atoms with van der Waals surface area (Å²) in [5, 5.41) is 8.80. The number of rotatable bonds is 5. The summed E-state index contributed by atoms with van der Waals surface area (Å²) >= 11 is 0. The molecule has 0 bridgehead atoms. The van der Waals surface area contributed by atoms with E-state index in [2.05, 4.69) is 20.4 Å². The van der Waals surface area contributed by atoms with E-state index < -0.39 is 0 Å². The standard InChI is InChI=1S/C27H23N7O2/c1-32-17-21(9-11-24(32)35)34-23-10-8-20(14-19(23)16-30-34)33-25(36)15-22(31-27-28-12-5-13-29-27)26(33)18-6-3-2-4-7-18/h2-14,16-17,22,26H,15H2,1H3,(H,28,29,31)/t22-,26+/m0/s1. The number of nitrogens with one attached hydrogen (secondary N) is 1. The summed E-state index contributed by atoms with van der Waals surface area (Å²) in [6.45, 7) is 0. The lowest BCUT2D eigenvalue weighted by atomic mass is 9.99. The summed E-state index contributed by atoms with van der Waals surface area (Å²) in [7, 11) is 1.71. The Hall–Kier alpha value is -4.79. The topological polar surface area (TPSA) is 97.9 Å². The number of amides is 1. The number of nitrogens with zero attached hydrogens (tertiary/aromatic N) is 6. The van der Waals surface area contributed by atoms with Crippen LogP contribution in [-0.4, -0.2) is 36.3 Å². The number of carbonyl (C=O) groups is 1. The van der Waals surface area contributed by atoms with Crippen molar-refractivity contribution in [2.75, 3.05) is 10.2 Å². The first-order valence-corrected chi connectivity index (χ1v) is 11.6. The van der Waals surface area contributed by atoms with Gasteiger partial charge in [0.2, 0.25) is 17.4 Å². The number of hydrogen-bond acceptors (Lipinski definition) is 6. The van der Waals surface area contributed by atoms with Crippen LogP contribution >= 0.6 is 0 Å². The maximum absolute atomic E-state index is 13.4. The second-order valence-corrected chi connectivity index (χ2v) is 8.78. The SMILES string of the molecule is Cn1cc(-n2ncc3cc(N4C(=O)C[C@H](Nc5ncccn5)[C@H]4c4ccccc4)ccc32)ccc1=O. The third-order valence-electron chi connectivity index (χ3n) is 6.49. The number of benzene rings is 2. The highest BCUT2D eigenvalue weighted by molar-refractivity contribution is 5.99. The Kier molecular flexibility index (Phi) is 5.29. The Morgan fingerprint density at radius 3 is 2.47 bits per heavy atom. The molecule has 0 aliphatic carbocycles. The lowest BCUT2D eigenvalue weighted by molar-refractivity contribution is -0.117. The van der Waals surface area contributed by atoms with Gasteiger partial charge in [-0.25, -0.2) is 14.6 Å². The molecule has 1 aliphatic rings. The summed E-state index contributed by atoms with van der Waals surface area (Å²) in [5.74, 6) is 0.508. The quantitative estimate of drug-likeness (QED) is 0.416. The third kappa shape index (κ3) is 3.80. The normalized spacial score (nSPS) is 17.6. The summed E-state index contributed by atoms with van der Waals surface area (Å²) in [4.78, 5) is 35.6. The zero-order chi connectivity index (χ0) is 24.6. The Morgan fingerprint density at radius 1 is 0.917 bits per heavy atom. The zero-order valence-electron chi connectivity index (χ0n) is 19.5. The van der Waals surface area contributed by atoms with Crippen LogP contribution in [0.3, 0.4) is 0 Å². The number of anilines is 2. The fourth-order valence-corrected chi connectivity index (χ4v) is 4.82. The minimum Gasteiger partial charge on any atom is -0.349 e. The molecule has 4 heterocycles. The molecule has 0 radical (unpaired) electrons. The average molecular weight is 478 g/mol. The lowest BCUT2D eigenvalue weighted by Crippen LogP contribution is -2.33. The summed E-state index contributed by atoms with van der Waals surface area (Å²) in [5.41, 5.74) is 3.40. The predicted molar refractivity (Wildman–Crippen MR) is 137 cm³/mol. The third-order valence-corrected chi connectivity index (χ3v) is 6.49. The van der Waals surface area contributed by atoms with Gasteiger partial charge in [-0.15, -0.1) is 0 Å². The smallest absolute Gasteiger partial charge is 0.250 e. The van der Waals surface area contributed by atoms with E-state index in [0.29, 0.717) is 12.4 Å². The molecule has 0 saturated carbocycles. The Balaban J connectivity index is 1.40. The molecule has 36 heavy (non-hydrogen) atoms. The fourth-order valence-electron chi connectivity index (χ4n) is 4.82. The first-order valence-electron chi connectivity index (χ1n) is 11.6. The van der Waals surface area contributed by atoms with Crippen LogP contribution < -0.4 is 15.8 Å². The van der Waals surface area contributed by atoms with E-state index in [4.69, 9.17) is 0 Å². The van der Waals surface area contributed by atoms with Crippen LogP contribution in [0.1, 0.15) is 18.0 Å². The molecule has 0 unspecified atom stereocenters. The minimum absolute atomic E-state index is 0.0158. The second-order valence-electron chi connectivity index (χ2n) is 8.78. The summed E-state index contributed by atoms with van der Waals surface area (Å²) in [6, 6.07) is 20.5. The van der Waals surface area contributed by atoms with Gasteiger partial charge in [0, 0.05) is 49.2 Å². The van der Waals surface area contributed by atoms with Crippen LogP contribution in [0.2, 0.25) is 0 Å². The van der Waals surface area contributed by atoms with E-state index in [1.165, 1.54) is 10.6 Å². The molecule has 0 spiro atoms. The minimum atomic E-state index is -0.237. The zero-order valence-corrected chi connectivity index (χ0v) is 19.5. The maximum Gasteiger partial charge on any atom is 0.250 e. The molecule has 5 aromatic rings. The number of carbonyl (C=O) groups excluding carboxylic acids is 1. The maximum atomic E-state index is 13.4. The highest BCUT2D eigenvalue weighted by Crippen LogP contribution is 2.39. The van der Waals surface area contributed by atoms with Crippen LogP contribution in [-0.2, 0) is 11.8 Å². The molecule has 9 nitrogen and oxygen atoms in total. The van der Waals surface area contributed by atoms with Crippen molar-refractivity contribution < 1.29 is 4.79 Å². The van der Waals surface area contributed by atoms with Crippen molar-refractivity contribution in [1.82, 2.24) is 24.3 Å². The summed E-state index contributed by atoms with van der Waals surface area (Å²) < 4.78 is 3.31. The van der Waals surface area contributed by atoms with E-state index in [1.54, 1.807) is 48.6 Å². The number of pyridine rings is 1. The molecule has 9 heteroatoms. The van der Waals surface area contributed by atoms with E-state index in [-0.39, 0.29) is 23.6 Å². The van der Waals surface area contributed by atoms with Gasteiger partial charge in [0.15, 0.2) is 0 Å². The van der Waals surface area contributed by atoms with Crippen molar-refractivity contribution in [3.63, 3.8) is 0 Å². The Morgan fingerprint density at radius 2 is 1.69 bits per heavy atom. The van der Waals surface area contributed by atoms with Crippen molar-refractivity contribution in [3.05, 3.63) is 107 Å². The Labute approximate surface area is 206 Å². The van der Waals surface area contributed by atoms with Crippen LogP contribution in [0.4, 0.5) is 11.6 Å². The van der Waals surface area contributed by atoms with Crippen molar-refractivity contribution >= 4 is 28.4 Å². The van der Waals surface area contributed by atoms with Gasteiger partial charge in [-0.05, 0) is 35.9 Å². The molecule has 1 amide bonds. The number of fused-ring (bicyclic) bond motifs is 1. The molecule has 178 valence electrons. The molecular formula is C27H23N7O2. The van der Waals surface area contributed by atoms with Gasteiger partial charge in [-0.2, -0.15) is 5.10 Å². The van der Waals surface area contributed by atoms with Gasteiger partial charge in [0.1, 0.15) is 0 Å². The van der Waals surface area contributed by atoms with Crippen molar-refractivity contribution in [1.29, 1.82) is 0 Å². The monoisotopic (exact) mass is 477 g/mol. The van der Waals surface area contributed by atoms with Gasteiger partial charge in [-0.3, -0.25) is 9.59 Å². The van der Waals surface area contributed by atoms with E-state index >= 15 is 0 Å². The van der Waals surface area contributed by atoms with Gasteiger partial charge in [-0.1, -0.05) is 30.3 Å². The molecule has 1 fully saturated rings. The molecule has 1 aliphatic heterocycles. The van der Waals surface area contributed by atoms with Crippen LogP contribution in [0.5, 0.6) is 0 Å². The summed E-state index contributed by atoms with van der Waals surface area (Å²) in [6.07, 6.45) is 7.19. The second kappa shape index (κ2) is 8.77. The van der Waals surface area contributed by atoms with Crippen molar-refractivity contribution in [3.8, 4) is 5.69 Å². The van der Waals surface area contributed by atoms with Gasteiger partial charge in [0.25, 0.3) is 0 Å². The highest BCUT2D eigenvalue weighted by atomic mass is 16.2. The van der Waals surface area contributed by atoms with Crippen molar-refractivity contribution in [2.45, 2.75) is 18.5 Å². The molecule has 3 aromatic heterocycles. The van der Waals surface area contributed by atoms with Crippen LogP contribution in [0.15, 0.2) is 96.3 Å². The lowest BCUT2D eigenvalue weighted by Gasteiger charge is -2.29. The molecule has 2 aromatic carbocycles. The Bertz CT molecular complexity index is 1610. The number of aromatic nitrogens is 5. The average Bonchev–Trinajstić information content (AvgIpc) is 3.47. The molecule has 1 saturated heterocycles. The first-order chi connectivity index (χ1) is 17.6. The number of hydrogen-bond donors (Lipinski definition) is 1. The van der Waals surface area contributed by atoms with Gasteiger partial charge < -0.3 is 14.8 Å². The van der Waals surface area contributed by atoms with Crippen LogP contribution in [0.25, 0.3) is 16.6 Å².